The summed E-state index contributed by atoms with van der Waals surface area (Å²) in [6.07, 6.45) is 0. The van der Waals surface area contributed by atoms with Gasteiger partial charge in [-0.3, -0.25) is 24.0 Å². The second-order valence-corrected chi connectivity index (χ2v) is 13.2. The van der Waals surface area contributed by atoms with Crippen LogP contribution in [0.3, 0.4) is 0 Å². The Kier molecular flexibility index (Phi) is 11.2. The first-order valence-electron chi connectivity index (χ1n) is 13.7. The van der Waals surface area contributed by atoms with Gasteiger partial charge in [-0.1, -0.05) is 6.07 Å². The molecule has 0 bridgehead atoms. The number of rotatable bonds is 9. The van der Waals surface area contributed by atoms with Gasteiger partial charge in [0.25, 0.3) is 31.8 Å². The Morgan fingerprint density at radius 2 is 1.29 bits per heavy atom. The molecule has 18 heteroatoms. The number of hydrogen-bond acceptors (Lipinski definition) is 11. The average molecular weight is 712 g/mol. The molecule has 0 saturated heterocycles. The van der Waals surface area contributed by atoms with Crippen molar-refractivity contribution in [2.24, 2.45) is 20.5 Å². The molecule has 5 aromatic carbocycles. The number of carbonyl (C=O) groups excluding carboxylic acids is 1. The number of nitro groups is 1. The minimum absolute atomic E-state index is 0. The van der Waals surface area contributed by atoms with Crippen molar-refractivity contribution < 1.29 is 65.2 Å². The van der Waals surface area contributed by atoms with Gasteiger partial charge in [-0.05, 0) is 103 Å². The molecule has 0 heterocycles. The van der Waals surface area contributed by atoms with Crippen molar-refractivity contribution in [3.8, 4) is 0 Å². The van der Waals surface area contributed by atoms with Gasteiger partial charge in [0, 0.05) is 28.8 Å². The SMILES string of the molecule is Cc1cc(N=Nc2ccc(NC(=O)c3ccc([N+](=O)[O-])cc3)cc2C)ccc1N=Nc1ccc2cc(S(=O)(=O)O)cc(S(=O)(=O)O)c2c1.[Na+]. The number of non-ortho nitro benzene ring substituents is 1. The molecule has 5 aromatic rings. The quantitative estimate of drug-likeness (QED) is 0.0617. The third-order valence-corrected chi connectivity index (χ3v) is 8.70. The van der Waals surface area contributed by atoms with E-state index in [0.29, 0.717) is 34.4 Å². The molecule has 1 amide bonds. The molecule has 0 aromatic heterocycles. The van der Waals surface area contributed by atoms with E-state index in [1.165, 1.54) is 42.5 Å². The van der Waals surface area contributed by atoms with Crippen LogP contribution in [0.5, 0.6) is 0 Å². The number of aryl methyl sites for hydroxylation is 2. The van der Waals surface area contributed by atoms with E-state index in [4.69, 9.17) is 0 Å². The van der Waals surface area contributed by atoms with Crippen molar-refractivity contribution in [1.29, 1.82) is 0 Å². The third-order valence-electron chi connectivity index (χ3n) is 6.97. The van der Waals surface area contributed by atoms with Gasteiger partial charge in [0.1, 0.15) is 4.90 Å². The molecule has 0 spiro atoms. The predicted molar refractivity (Wildman–Crippen MR) is 175 cm³/mol. The summed E-state index contributed by atoms with van der Waals surface area (Å²) in [5.41, 5.74) is 3.80. The molecule has 0 aliphatic rings. The Morgan fingerprint density at radius 3 is 1.84 bits per heavy atom. The Bertz CT molecular complexity index is 2400. The first-order chi connectivity index (χ1) is 22.6. The predicted octanol–water partition coefficient (Wildman–Crippen LogP) is 4.95. The summed E-state index contributed by atoms with van der Waals surface area (Å²) < 4.78 is 66.1. The van der Waals surface area contributed by atoms with Crippen molar-refractivity contribution in [1.82, 2.24) is 0 Å². The number of nitrogens with one attached hydrogen (secondary N) is 1. The van der Waals surface area contributed by atoms with Gasteiger partial charge in [-0.25, -0.2) is 0 Å². The Morgan fingerprint density at radius 1 is 0.714 bits per heavy atom. The smallest absolute Gasteiger partial charge is 0.322 e. The zero-order valence-corrected chi connectivity index (χ0v) is 29.6. The molecule has 0 aliphatic heterocycles. The van der Waals surface area contributed by atoms with Crippen LogP contribution in [0.25, 0.3) is 10.8 Å². The van der Waals surface area contributed by atoms with Gasteiger partial charge in [0.05, 0.1) is 32.6 Å². The molecule has 49 heavy (non-hydrogen) atoms. The summed E-state index contributed by atoms with van der Waals surface area (Å²) in [7, 11) is -9.60. The molecule has 15 nitrogen and oxygen atoms in total. The van der Waals surface area contributed by atoms with E-state index < -0.39 is 40.9 Å². The molecule has 0 aliphatic carbocycles. The molecule has 0 unspecified atom stereocenters. The number of nitrogens with zero attached hydrogens (tertiary/aromatic N) is 5. The summed E-state index contributed by atoms with van der Waals surface area (Å²) in [6.45, 7) is 3.57. The normalized spacial score (nSPS) is 11.9. The van der Waals surface area contributed by atoms with Crippen LogP contribution in [0.2, 0.25) is 0 Å². The maximum absolute atomic E-state index is 12.5. The zero-order chi connectivity index (χ0) is 34.8. The van der Waals surface area contributed by atoms with Gasteiger partial charge < -0.3 is 5.32 Å². The molecule has 5 rings (SSSR count). The van der Waals surface area contributed by atoms with E-state index >= 15 is 0 Å². The summed E-state index contributed by atoms with van der Waals surface area (Å²) in [5.74, 6) is -0.427. The number of azo groups is 2. The van der Waals surface area contributed by atoms with Gasteiger partial charge in [0.2, 0.25) is 0 Å². The fourth-order valence-electron chi connectivity index (χ4n) is 4.53. The fourth-order valence-corrected chi connectivity index (χ4v) is 5.88. The van der Waals surface area contributed by atoms with E-state index in [9.17, 15) is 40.8 Å². The van der Waals surface area contributed by atoms with Gasteiger partial charge in [-0.15, -0.1) is 0 Å². The number of fused-ring (bicyclic) bond motifs is 1. The van der Waals surface area contributed by atoms with Crippen molar-refractivity contribution in [3.05, 3.63) is 118 Å². The van der Waals surface area contributed by atoms with Crippen molar-refractivity contribution in [2.45, 2.75) is 23.6 Å². The minimum atomic E-state index is -4.86. The Hall–Kier alpha value is -4.75. The number of amides is 1. The monoisotopic (exact) mass is 711 g/mol. The second-order valence-electron chi connectivity index (χ2n) is 10.4. The fraction of sp³-hybridized carbons (Fsp3) is 0.0645. The first kappa shape index (κ1) is 37.1. The van der Waals surface area contributed by atoms with Crippen LogP contribution < -0.4 is 34.9 Å². The van der Waals surface area contributed by atoms with Crippen LogP contribution in [-0.4, -0.2) is 36.8 Å². The molecule has 3 N–H and O–H groups in total. The second kappa shape index (κ2) is 14.8. The van der Waals surface area contributed by atoms with Gasteiger partial charge in [0.15, 0.2) is 0 Å². The van der Waals surface area contributed by atoms with E-state index in [1.54, 1.807) is 50.2 Å². The molecular weight excluding hydrogens is 687 g/mol. The molecule has 244 valence electrons. The Balaban J connectivity index is 0.00000541. The van der Waals surface area contributed by atoms with Crippen molar-refractivity contribution >= 4 is 71.0 Å². The van der Waals surface area contributed by atoms with E-state index in [-0.39, 0.29) is 57.3 Å². The van der Waals surface area contributed by atoms with Crippen LogP contribution in [0.4, 0.5) is 34.1 Å². The third kappa shape index (κ3) is 9.04. The van der Waals surface area contributed by atoms with E-state index in [1.807, 2.05) is 0 Å². The zero-order valence-electron chi connectivity index (χ0n) is 26.0. The van der Waals surface area contributed by atoms with Crippen LogP contribution in [0, 0.1) is 24.0 Å². The summed E-state index contributed by atoms with van der Waals surface area (Å²) in [6, 6.07) is 21.2. The Labute approximate surface area is 301 Å². The molecule has 0 fully saturated rings. The van der Waals surface area contributed by atoms with Gasteiger partial charge >= 0.3 is 29.6 Å². The van der Waals surface area contributed by atoms with E-state index in [0.717, 1.165) is 11.6 Å². The molecule has 0 saturated carbocycles. The summed E-state index contributed by atoms with van der Waals surface area (Å²) in [5, 5.41) is 30.6. The number of anilines is 1. The maximum atomic E-state index is 12.5. The number of nitro benzene ring substituents is 1. The summed E-state index contributed by atoms with van der Waals surface area (Å²) >= 11 is 0. The van der Waals surface area contributed by atoms with Crippen LogP contribution in [-0.2, 0) is 20.2 Å². The maximum Gasteiger partial charge on any atom is 1.00 e. The number of benzene rings is 5. The minimum Gasteiger partial charge on any atom is -0.322 e. The largest absolute Gasteiger partial charge is 1.00 e. The number of carbonyl (C=O) groups is 1. The van der Waals surface area contributed by atoms with Crippen LogP contribution in [0.15, 0.2) is 121 Å². The topological polar surface area (TPSA) is 230 Å². The average Bonchev–Trinajstić information content (AvgIpc) is 3.02. The van der Waals surface area contributed by atoms with Crippen LogP contribution >= 0.6 is 0 Å². The first-order valence-corrected chi connectivity index (χ1v) is 16.6. The molecule has 0 atom stereocenters. The molecular formula is C31H24N6NaO9S2+. The van der Waals surface area contributed by atoms with E-state index in [2.05, 4.69) is 25.8 Å². The standard InChI is InChI=1S/C31H24N6O9S2.Na/c1-18-13-22(32-31(38)20-4-9-25(10-5-20)37(39)40)7-11-28(18)35-33-23-8-12-29(19(2)14-23)36-34-24-6-3-21-15-26(47(41,42)43)17-30(27(21)16-24)48(44,45)46;/h3-17H,1-2H3,(H,32,38)(H,41,42,43)(H,44,45,46);/q;+1. The van der Waals surface area contributed by atoms with Crippen LogP contribution in [0.1, 0.15) is 21.5 Å². The summed E-state index contributed by atoms with van der Waals surface area (Å²) in [4.78, 5) is 21.4. The van der Waals surface area contributed by atoms with Gasteiger partial charge in [-0.2, -0.15) is 37.3 Å². The number of hydrogen-bond donors (Lipinski definition) is 3. The molecule has 0 radical (unpaired) electrons. The van der Waals surface area contributed by atoms with Crippen molar-refractivity contribution in [3.63, 3.8) is 0 Å². The van der Waals surface area contributed by atoms with Crippen molar-refractivity contribution in [2.75, 3.05) is 5.32 Å².